The lowest BCUT2D eigenvalue weighted by Gasteiger charge is -2.39. The number of ether oxygens (including phenoxy) is 1. The number of nitrogens with two attached hydrogens (primary N) is 1. The zero-order chi connectivity index (χ0) is 13.9. The lowest BCUT2D eigenvalue weighted by molar-refractivity contribution is 0.0430. The summed E-state index contributed by atoms with van der Waals surface area (Å²) in [5.74, 6) is 0.988. The Bertz CT molecular complexity index is 429. The van der Waals surface area contributed by atoms with E-state index in [1.807, 2.05) is 0 Å². The molecule has 19 heavy (non-hydrogen) atoms. The average molecular weight is 261 g/mol. The number of hydrogen-bond acceptors (Lipinski definition) is 2. The fourth-order valence-electron chi connectivity index (χ4n) is 3.01. The molecule has 2 rings (SSSR count). The van der Waals surface area contributed by atoms with Gasteiger partial charge < -0.3 is 10.5 Å². The zero-order valence-corrected chi connectivity index (χ0v) is 12.5. The first-order chi connectivity index (χ1) is 9.04. The molecule has 2 atom stereocenters. The highest BCUT2D eigenvalue weighted by molar-refractivity contribution is 5.41. The molecule has 1 unspecified atom stereocenters. The van der Waals surface area contributed by atoms with Crippen molar-refractivity contribution in [3.8, 4) is 5.75 Å². The molecule has 0 aliphatic carbocycles. The normalized spacial score (nSPS) is 25.8. The van der Waals surface area contributed by atoms with Crippen LogP contribution >= 0.6 is 0 Å². The van der Waals surface area contributed by atoms with Gasteiger partial charge in [-0.15, -0.1) is 0 Å². The lowest BCUT2D eigenvalue weighted by atomic mass is 9.85. The second-order valence-electron chi connectivity index (χ2n) is 6.21. The maximum atomic E-state index is 6.34. The summed E-state index contributed by atoms with van der Waals surface area (Å²) >= 11 is 0. The third-order valence-corrected chi connectivity index (χ3v) is 4.13. The van der Waals surface area contributed by atoms with Gasteiger partial charge in [0.15, 0.2) is 0 Å². The van der Waals surface area contributed by atoms with Crippen molar-refractivity contribution >= 4 is 0 Å². The van der Waals surface area contributed by atoms with Crippen LogP contribution in [0.5, 0.6) is 5.75 Å². The monoisotopic (exact) mass is 261 g/mol. The topological polar surface area (TPSA) is 35.2 Å². The van der Waals surface area contributed by atoms with Crippen LogP contribution < -0.4 is 10.5 Å². The van der Waals surface area contributed by atoms with Gasteiger partial charge in [0.05, 0.1) is 0 Å². The minimum Gasteiger partial charge on any atom is -0.487 e. The SMILES string of the molecule is CCCCCCC1(C)C[C@H](N)c2cc(C)ccc2O1. The molecule has 0 aromatic heterocycles. The summed E-state index contributed by atoms with van der Waals surface area (Å²) in [7, 11) is 0. The van der Waals surface area contributed by atoms with E-state index in [1.165, 1.54) is 36.8 Å². The second kappa shape index (κ2) is 5.96. The van der Waals surface area contributed by atoms with Crippen molar-refractivity contribution in [1.29, 1.82) is 0 Å². The van der Waals surface area contributed by atoms with Crippen LogP contribution in [0, 0.1) is 6.92 Å². The van der Waals surface area contributed by atoms with Crippen molar-refractivity contribution in [1.82, 2.24) is 0 Å². The highest BCUT2D eigenvalue weighted by atomic mass is 16.5. The number of fused-ring (bicyclic) bond motifs is 1. The predicted octanol–water partition coefficient (Wildman–Crippen LogP) is 4.51. The van der Waals surface area contributed by atoms with Gasteiger partial charge in [0.25, 0.3) is 0 Å². The van der Waals surface area contributed by atoms with Gasteiger partial charge in [0.2, 0.25) is 0 Å². The highest BCUT2D eigenvalue weighted by Crippen LogP contribution is 2.40. The summed E-state index contributed by atoms with van der Waals surface area (Å²) in [6.07, 6.45) is 7.16. The summed E-state index contributed by atoms with van der Waals surface area (Å²) in [5.41, 5.74) is 8.68. The van der Waals surface area contributed by atoms with E-state index in [1.54, 1.807) is 0 Å². The molecule has 0 radical (unpaired) electrons. The van der Waals surface area contributed by atoms with Gasteiger partial charge >= 0.3 is 0 Å². The standard InChI is InChI=1S/C17H27NO/c1-4-5-6-7-10-17(3)12-15(18)14-11-13(2)8-9-16(14)19-17/h8-9,11,15H,4-7,10,12,18H2,1-3H3/t15-,17?/m0/s1. The van der Waals surface area contributed by atoms with Gasteiger partial charge in [-0.25, -0.2) is 0 Å². The van der Waals surface area contributed by atoms with E-state index in [4.69, 9.17) is 10.5 Å². The second-order valence-corrected chi connectivity index (χ2v) is 6.21. The predicted molar refractivity (Wildman–Crippen MR) is 80.5 cm³/mol. The largest absolute Gasteiger partial charge is 0.487 e. The molecule has 0 bridgehead atoms. The van der Waals surface area contributed by atoms with Crippen molar-refractivity contribution in [2.75, 3.05) is 0 Å². The molecule has 0 fully saturated rings. The van der Waals surface area contributed by atoms with E-state index in [0.717, 1.165) is 18.6 Å². The molecule has 1 aromatic carbocycles. The molecular weight excluding hydrogens is 234 g/mol. The van der Waals surface area contributed by atoms with Crippen molar-refractivity contribution in [3.05, 3.63) is 29.3 Å². The van der Waals surface area contributed by atoms with Gasteiger partial charge in [0.1, 0.15) is 11.4 Å². The molecular formula is C17H27NO. The lowest BCUT2D eigenvalue weighted by Crippen LogP contribution is -2.40. The minimum absolute atomic E-state index is 0.0879. The van der Waals surface area contributed by atoms with Crippen LogP contribution in [0.15, 0.2) is 18.2 Å². The average Bonchev–Trinajstić information content (AvgIpc) is 2.36. The minimum atomic E-state index is -0.0879. The Balaban J connectivity index is 2.04. The van der Waals surface area contributed by atoms with Gasteiger partial charge in [-0.05, 0) is 32.8 Å². The van der Waals surface area contributed by atoms with E-state index in [0.29, 0.717) is 0 Å². The summed E-state index contributed by atoms with van der Waals surface area (Å²) < 4.78 is 6.25. The highest BCUT2D eigenvalue weighted by Gasteiger charge is 2.35. The van der Waals surface area contributed by atoms with Crippen LogP contribution in [0.1, 0.15) is 69.5 Å². The van der Waals surface area contributed by atoms with Gasteiger partial charge in [-0.2, -0.15) is 0 Å². The molecule has 2 heteroatoms. The summed E-state index contributed by atoms with van der Waals surface area (Å²) in [6, 6.07) is 6.46. The van der Waals surface area contributed by atoms with Gasteiger partial charge in [0, 0.05) is 18.0 Å². The zero-order valence-electron chi connectivity index (χ0n) is 12.5. The molecule has 0 amide bonds. The van der Waals surface area contributed by atoms with Crippen LogP contribution in [0.4, 0.5) is 0 Å². The Morgan fingerprint density at radius 2 is 2.11 bits per heavy atom. The Morgan fingerprint density at radius 3 is 2.84 bits per heavy atom. The maximum absolute atomic E-state index is 6.34. The molecule has 0 saturated carbocycles. The van der Waals surface area contributed by atoms with E-state index < -0.39 is 0 Å². The third kappa shape index (κ3) is 3.50. The quantitative estimate of drug-likeness (QED) is 0.792. The van der Waals surface area contributed by atoms with Crippen molar-refractivity contribution in [3.63, 3.8) is 0 Å². The molecule has 1 aliphatic rings. The third-order valence-electron chi connectivity index (χ3n) is 4.13. The van der Waals surface area contributed by atoms with Crippen LogP contribution in [-0.2, 0) is 0 Å². The summed E-state index contributed by atoms with van der Waals surface area (Å²) in [6.45, 7) is 6.56. The number of aryl methyl sites for hydroxylation is 1. The molecule has 1 heterocycles. The smallest absolute Gasteiger partial charge is 0.124 e. The van der Waals surface area contributed by atoms with Gasteiger partial charge in [-0.3, -0.25) is 0 Å². The molecule has 0 spiro atoms. The van der Waals surface area contributed by atoms with E-state index in [-0.39, 0.29) is 11.6 Å². The first-order valence-electron chi connectivity index (χ1n) is 7.59. The number of unbranched alkanes of at least 4 members (excludes halogenated alkanes) is 3. The maximum Gasteiger partial charge on any atom is 0.124 e. The van der Waals surface area contributed by atoms with Gasteiger partial charge in [-0.1, -0.05) is 43.9 Å². The van der Waals surface area contributed by atoms with Crippen molar-refractivity contribution in [2.45, 2.75) is 70.9 Å². The first-order valence-corrected chi connectivity index (χ1v) is 7.59. The van der Waals surface area contributed by atoms with Crippen LogP contribution in [-0.4, -0.2) is 5.60 Å². The van der Waals surface area contributed by atoms with Crippen LogP contribution in [0.2, 0.25) is 0 Å². The molecule has 2 N–H and O–H groups in total. The van der Waals surface area contributed by atoms with Crippen molar-refractivity contribution < 1.29 is 4.74 Å². The summed E-state index contributed by atoms with van der Waals surface area (Å²) in [4.78, 5) is 0. The molecule has 1 aliphatic heterocycles. The van der Waals surface area contributed by atoms with Crippen LogP contribution in [0.3, 0.4) is 0 Å². The first kappa shape index (κ1) is 14.4. The van der Waals surface area contributed by atoms with Crippen LogP contribution in [0.25, 0.3) is 0 Å². The summed E-state index contributed by atoms with van der Waals surface area (Å²) in [5, 5.41) is 0. The number of rotatable bonds is 5. The Labute approximate surface area is 117 Å². The molecule has 1 aromatic rings. The molecule has 106 valence electrons. The fourth-order valence-corrected chi connectivity index (χ4v) is 3.01. The van der Waals surface area contributed by atoms with E-state index in [2.05, 4.69) is 39.0 Å². The number of hydrogen-bond donors (Lipinski definition) is 1. The van der Waals surface area contributed by atoms with E-state index >= 15 is 0 Å². The molecule has 2 nitrogen and oxygen atoms in total. The van der Waals surface area contributed by atoms with Crippen molar-refractivity contribution in [2.24, 2.45) is 5.73 Å². The Kier molecular flexibility index (Phi) is 4.51. The Morgan fingerprint density at radius 1 is 1.32 bits per heavy atom. The molecule has 0 saturated heterocycles. The Hall–Kier alpha value is -1.02. The fraction of sp³-hybridized carbons (Fsp3) is 0.647. The number of benzene rings is 1. The van der Waals surface area contributed by atoms with E-state index in [9.17, 15) is 0 Å².